The number of hydrogen-bond donors (Lipinski definition) is 0. The predicted molar refractivity (Wildman–Crippen MR) is 140 cm³/mol. The molecule has 1 aliphatic rings. The van der Waals surface area contributed by atoms with Crippen molar-refractivity contribution in [3.8, 4) is 22.4 Å². The summed E-state index contributed by atoms with van der Waals surface area (Å²) in [6.07, 6.45) is -2.26. The van der Waals surface area contributed by atoms with Crippen LogP contribution in [0.25, 0.3) is 28.0 Å². The molecule has 0 unspecified atom stereocenters. The molecule has 2 aromatic heterocycles. The SMILES string of the molecule is CCC(=O)N1CCN(Cc2c(-c3cccc([N+](=O)[O-])c3)nc3ccc(-c4cccc(C(F)(F)F)c4)cn23)CC1. The quantitative estimate of drug-likeness (QED) is 0.235. The van der Waals surface area contributed by atoms with Crippen LogP contribution < -0.4 is 0 Å². The molecule has 3 heterocycles. The second-order valence-electron chi connectivity index (χ2n) is 9.45. The molecule has 202 valence electrons. The van der Waals surface area contributed by atoms with E-state index in [2.05, 4.69) is 4.90 Å². The fourth-order valence-corrected chi connectivity index (χ4v) is 4.88. The zero-order chi connectivity index (χ0) is 27.7. The lowest BCUT2D eigenvalue weighted by Crippen LogP contribution is -2.48. The summed E-state index contributed by atoms with van der Waals surface area (Å²) in [4.78, 5) is 31.9. The number of hydrogen-bond acceptors (Lipinski definition) is 5. The number of non-ortho nitro benzene ring substituents is 1. The molecule has 8 nitrogen and oxygen atoms in total. The molecule has 1 saturated heterocycles. The standard InChI is InChI=1S/C28H26F3N5O3/c1-2-26(37)34-13-11-33(12-14-34)18-24-27(20-6-4-8-23(16-20)36(38)39)32-25-10-9-21(17-35(24)25)19-5-3-7-22(15-19)28(29,30)31/h3-10,15-17H,2,11-14,18H2,1H3. The number of alkyl halides is 3. The zero-order valence-corrected chi connectivity index (χ0v) is 21.2. The van der Waals surface area contributed by atoms with E-state index in [0.717, 1.165) is 17.8 Å². The number of rotatable bonds is 6. The number of nitro groups is 1. The van der Waals surface area contributed by atoms with Crippen molar-refractivity contribution in [3.63, 3.8) is 0 Å². The topological polar surface area (TPSA) is 84.0 Å². The minimum Gasteiger partial charge on any atom is -0.340 e. The third-order valence-electron chi connectivity index (χ3n) is 6.97. The molecular weight excluding hydrogens is 511 g/mol. The van der Waals surface area contributed by atoms with Crippen LogP contribution in [-0.4, -0.2) is 56.2 Å². The van der Waals surface area contributed by atoms with Crippen molar-refractivity contribution in [2.75, 3.05) is 26.2 Å². The Bertz CT molecular complexity index is 1540. The molecule has 2 aromatic carbocycles. The second-order valence-corrected chi connectivity index (χ2v) is 9.45. The fraction of sp³-hybridized carbons (Fsp3) is 0.286. The van der Waals surface area contributed by atoms with Gasteiger partial charge in [-0.15, -0.1) is 0 Å². The molecule has 0 atom stereocenters. The van der Waals surface area contributed by atoms with Gasteiger partial charge in [-0.25, -0.2) is 4.98 Å². The Hall–Kier alpha value is -4.25. The van der Waals surface area contributed by atoms with Gasteiger partial charge in [0.1, 0.15) is 5.65 Å². The average Bonchev–Trinajstić information content (AvgIpc) is 3.30. The number of benzene rings is 2. The van der Waals surface area contributed by atoms with Crippen molar-refractivity contribution in [2.45, 2.75) is 26.1 Å². The maximum Gasteiger partial charge on any atom is 0.416 e. The average molecular weight is 538 g/mol. The number of fused-ring (bicyclic) bond motifs is 1. The Morgan fingerprint density at radius 1 is 0.974 bits per heavy atom. The van der Waals surface area contributed by atoms with Crippen molar-refractivity contribution >= 4 is 17.2 Å². The first-order chi connectivity index (χ1) is 18.6. The van der Waals surface area contributed by atoms with E-state index in [1.54, 1.807) is 36.5 Å². The molecule has 4 aromatic rings. The van der Waals surface area contributed by atoms with E-state index in [0.29, 0.717) is 67.2 Å². The summed E-state index contributed by atoms with van der Waals surface area (Å²) in [5, 5.41) is 11.4. The van der Waals surface area contributed by atoms with Gasteiger partial charge in [-0.1, -0.05) is 31.2 Å². The number of carbonyl (C=O) groups excluding carboxylic acids is 1. The summed E-state index contributed by atoms with van der Waals surface area (Å²) in [6, 6.07) is 14.8. The predicted octanol–water partition coefficient (Wildman–Crippen LogP) is 5.65. The van der Waals surface area contributed by atoms with Gasteiger partial charge in [0.25, 0.3) is 5.69 Å². The van der Waals surface area contributed by atoms with Gasteiger partial charge in [0, 0.05) is 63.0 Å². The lowest BCUT2D eigenvalue weighted by atomic mass is 10.0. The van der Waals surface area contributed by atoms with Crippen molar-refractivity contribution in [2.24, 2.45) is 0 Å². The second kappa shape index (κ2) is 10.5. The Kier molecular flexibility index (Phi) is 7.09. The van der Waals surface area contributed by atoms with Crippen LogP contribution in [0, 0.1) is 10.1 Å². The lowest BCUT2D eigenvalue weighted by Gasteiger charge is -2.34. The molecule has 0 N–H and O–H groups in total. The van der Waals surface area contributed by atoms with Gasteiger partial charge in [-0.2, -0.15) is 13.2 Å². The summed E-state index contributed by atoms with van der Waals surface area (Å²) in [5.74, 6) is 0.104. The van der Waals surface area contributed by atoms with Gasteiger partial charge >= 0.3 is 6.18 Å². The number of carbonyl (C=O) groups is 1. The van der Waals surface area contributed by atoms with Crippen LogP contribution in [0.15, 0.2) is 66.9 Å². The van der Waals surface area contributed by atoms with Gasteiger partial charge in [0.2, 0.25) is 5.91 Å². The van der Waals surface area contributed by atoms with Crippen LogP contribution >= 0.6 is 0 Å². The van der Waals surface area contributed by atoms with Gasteiger partial charge < -0.3 is 9.30 Å². The number of halogens is 3. The summed E-state index contributed by atoms with van der Waals surface area (Å²) in [7, 11) is 0. The molecule has 39 heavy (non-hydrogen) atoms. The molecule has 0 bridgehead atoms. The van der Waals surface area contributed by atoms with E-state index < -0.39 is 16.7 Å². The molecule has 0 spiro atoms. The number of piperazine rings is 1. The van der Waals surface area contributed by atoms with E-state index in [1.807, 2.05) is 16.2 Å². The monoisotopic (exact) mass is 537 g/mol. The van der Waals surface area contributed by atoms with Gasteiger partial charge in [0.15, 0.2) is 0 Å². The number of nitro benzene ring substituents is 1. The molecular formula is C28H26F3N5O3. The summed E-state index contributed by atoms with van der Waals surface area (Å²) in [6.45, 7) is 4.73. The Morgan fingerprint density at radius 2 is 1.69 bits per heavy atom. The first-order valence-electron chi connectivity index (χ1n) is 12.6. The van der Waals surface area contributed by atoms with Crippen LogP contribution in [0.1, 0.15) is 24.6 Å². The van der Waals surface area contributed by atoms with Crippen molar-refractivity contribution < 1.29 is 22.9 Å². The first kappa shape index (κ1) is 26.4. The number of aromatic nitrogens is 2. The zero-order valence-electron chi connectivity index (χ0n) is 21.2. The van der Waals surface area contributed by atoms with Gasteiger partial charge in [-0.05, 0) is 35.4 Å². The molecule has 1 fully saturated rings. The van der Waals surface area contributed by atoms with Crippen LogP contribution in [0.5, 0.6) is 0 Å². The molecule has 1 amide bonds. The highest BCUT2D eigenvalue weighted by Gasteiger charge is 2.30. The smallest absolute Gasteiger partial charge is 0.340 e. The van der Waals surface area contributed by atoms with Crippen LogP contribution in [0.2, 0.25) is 0 Å². The van der Waals surface area contributed by atoms with E-state index >= 15 is 0 Å². The van der Waals surface area contributed by atoms with Crippen LogP contribution in [0.3, 0.4) is 0 Å². The van der Waals surface area contributed by atoms with Crippen molar-refractivity contribution in [1.82, 2.24) is 19.2 Å². The largest absolute Gasteiger partial charge is 0.416 e. The van der Waals surface area contributed by atoms with E-state index in [4.69, 9.17) is 4.98 Å². The molecule has 0 saturated carbocycles. The minimum atomic E-state index is -4.46. The number of pyridine rings is 1. The van der Waals surface area contributed by atoms with Gasteiger partial charge in [0.05, 0.1) is 21.9 Å². The summed E-state index contributed by atoms with van der Waals surface area (Å²) in [5.41, 5.74) is 2.66. The fourth-order valence-electron chi connectivity index (χ4n) is 4.88. The first-order valence-corrected chi connectivity index (χ1v) is 12.6. The maximum atomic E-state index is 13.3. The van der Waals surface area contributed by atoms with Crippen molar-refractivity contribution in [3.05, 3.63) is 88.2 Å². The highest BCUT2D eigenvalue weighted by atomic mass is 19.4. The normalized spacial score (nSPS) is 14.6. The molecule has 11 heteroatoms. The van der Waals surface area contributed by atoms with E-state index in [1.165, 1.54) is 18.2 Å². The molecule has 0 aliphatic carbocycles. The molecule has 0 radical (unpaired) electrons. The molecule has 1 aliphatic heterocycles. The summed E-state index contributed by atoms with van der Waals surface area (Å²) >= 11 is 0. The van der Waals surface area contributed by atoms with E-state index in [-0.39, 0.29) is 11.6 Å². The highest BCUT2D eigenvalue weighted by molar-refractivity contribution is 5.76. The lowest BCUT2D eigenvalue weighted by molar-refractivity contribution is -0.384. The Labute approximate surface area is 222 Å². The van der Waals surface area contributed by atoms with E-state index in [9.17, 15) is 28.1 Å². The summed E-state index contributed by atoms with van der Waals surface area (Å²) < 4.78 is 41.9. The highest BCUT2D eigenvalue weighted by Crippen LogP contribution is 2.34. The third kappa shape index (κ3) is 5.49. The number of amides is 1. The number of nitrogens with zero attached hydrogens (tertiary/aromatic N) is 5. The molecule has 5 rings (SSSR count). The Morgan fingerprint density at radius 3 is 2.38 bits per heavy atom. The van der Waals surface area contributed by atoms with Crippen LogP contribution in [-0.2, 0) is 17.5 Å². The van der Waals surface area contributed by atoms with Crippen LogP contribution in [0.4, 0.5) is 18.9 Å². The minimum absolute atomic E-state index is 0.0631. The Balaban J connectivity index is 1.57. The number of imidazole rings is 1. The van der Waals surface area contributed by atoms with Crippen molar-refractivity contribution in [1.29, 1.82) is 0 Å². The maximum absolute atomic E-state index is 13.3. The van der Waals surface area contributed by atoms with Gasteiger partial charge in [-0.3, -0.25) is 19.8 Å². The third-order valence-corrected chi connectivity index (χ3v) is 6.97.